The first kappa shape index (κ1) is 21.9. The molecule has 0 saturated heterocycles. The van der Waals surface area contributed by atoms with Crippen molar-refractivity contribution in [2.75, 3.05) is 26.4 Å². The maximum Gasteiger partial charge on any atom is 0.252 e. The predicted octanol–water partition coefficient (Wildman–Crippen LogP) is 2.69. The molecular formula is C21H27N5O3S. The van der Waals surface area contributed by atoms with Crippen molar-refractivity contribution in [1.82, 2.24) is 24.4 Å². The first-order valence-electron chi connectivity index (χ1n) is 9.81. The van der Waals surface area contributed by atoms with Crippen LogP contribution in [0.3, 0.4) is 0 Å². The molecule has 0 fully saturated rings. The molecule has 2 aromatic heterocycles. The molecule has 1 amide bonds. The van der Waals surface area contributed by atoms with Crippen LogP contribution >= 0.6 is 0 Å². The summed E-state index contributed by atoms with van der Waals surface area (Å²) >= 11 is 0. The average Bonchev–Trinajstić information content (AvgIpc) is 3.14. The van der Waals surface area contributed by atoms with Crippen LogP contribution in [0, 0.1) is 0 Å². The van der Waals surface area contributed by atoms with Gasteiger partial charge in [0.2, 0.25) is 10.0 Å². The second-order valence-corrected chi connectivity index (χ2v) is 9.62. The Balaban J connectivity index is 1.87. The van der Waals surface area contributed by atoms with Crippen LogP contribution in [-0.2, 0) is 10.0 Å². The number of fused-ring (bicyclic) bond motifs is 1. The third kappa shape index (κ3) is 4.85. The summed E-state index contributed by atoms with van der Waals surface area (Å²) in [5, 5.41) is 8.00. The fraction of sp³-hybridized carbons (Fsp3) is 0.381. The van der Waals surface area contributed by atoms with E-state index in [1.165, 1.54) is 11.4 Å². The molecule has 0 saturated carbocycles. The van der Waals surface area contributed by atoms with Crippen LogP contribution in [0.2, 0.25) is 0 Å². The summed E-state index contributed by atoms with van der Waals surface area (Å²) in [6.45, 7) is 4.73. The van der Waals surface area contributed by atoms with Gasteiger partial charge in [-0.1, -0.05) is 30.3 Å². The summed E-state index contributed by atoms with van der Waals surface area (Å²) in [4.78, 5) is 17.7. The minimum Gasteiger partial charge on any atom is -0.352 e. The van der Waals surface area contributed by atoms with Crippen molar-refractivity contribution in [2.45, 2.75) is 26.3 Å². The van der Waals surface area contributed by atoms with Gasteiger partial charge in [-0.3, -0.25) is 4.79 Å². The molecule has 1 aromatic carbocycles. The number of benzene rings is 1. The third-order valence-corrected chi connectivity index (χ3v) is 6.19. The maximum absolute atomic E-state index is 13.0. The second-order valence-electron chi connectivity index (χ2n) is 7.54. The Morgan fingerprint density at radius 2 is 1.93 bits per heavy atom. The van der Waals surface area contributed by atoms with Gasteiger partial charge >= 0.3 is 0 Å². The molecule has 0 atom stereocenters. The van der Waals surface area contributed by atoms with Crippen LogP contribution in [0.4, 0.5) is 0 Å². The zero-order valence-electron chi connectivity index (χ0n) is 17.7. The highest BCUT2D eigenvalue weighted by Crippen LogP contribution is 2.26. The Hall–Kier alpha value is -2.78. The number of pyridine rings is 1. The minimum atomic E-state index is -3.22. The van der Waals surface area contributed by atoms with Crippen LogP contribution in [0.25, 0.3) is 22.3 Å². The quantitative estimate of drug-likeness (QED) is 0.555. The maximum atomic E-state index is 13.0. The Morgan fingerprint density at radius 1 is 1.23 bits per heavy atom. The molecule has 0 aliphatic carbocycles. The molecule has 0 unspecified atom stereocenters. The fourth-order valence-electron chi connectivity index (χ4n) is 3.11. The number of sulfonamides is 1. The molecule has 0 spiro atoms. The molecule has 0 aliphatic heterocycles. The Bertz CT molecular complexity index is 1140. The van der Waals surface area contributed by atoms with Crippen LogP contribution < -0.4 is 5.32 Å². The Kier molecular flexibility index (Phi) is 6.52. The molecule has 0 aliphatic rings. The number of nitrogens with zero attached hydrogens (tertiary/aromatic N) is 4. The van der Waals surface area contributed by atoms with Gasteiger partial charge in [0.25, 0.3) is 5.91 Å². The van der Waals surface area contributed by atoms with Crippen molar-refractivity contribution in [1.29, 1.82) is 0 Å². The van der Waals surface area contributed by atoms with E-state index in [1.54, 1.807) is 16.9 Å². The smallest absolute Gasteiger partial charge is 0.252 e. The SMILES string of the molecule is CC(C)n1ncc2c(C(=O)NCCCN(C)S(C)(=O)=O)cc(-c3ccccc3)nc21. The van der Waals surface area contributed by atoms with Crippen molar-refractivity contribution < 1.29 is 13.2 Å². The number of hydrogen-bond donors (Lipinski definition) is 1. The van der Waals surface area contributed by atoms with Gasteiger partial charge in [0, 0.05) is 31.7 Å². The number of nitrogens with one attached hydrogen (secondary N) is 1. The molecule has 0 bridgehead atoms. The summed E-state index contributed by atoms with van der Waals surface area (Å²) in [6.07, 6.45) is 3.35. The highest BCUT2D eigenvalue weighted by atomic mass is 32.2. The number of aromatic nitrogens is 3. The van der Waals surface area contributed by atoms with Crippen molar-refractivity contribution >= 4 is 27.0 Å². The average molecular weight is 430 g/mol. The van der Waals surface area contributed by atoms with E-state index in [0.29, 0.717) is 41.8 Å². The number of amides is 1. The molecule has 3 aromatic rings. The Morgan fingerprint density at radius 3 is 2.57 bits per heavy atom. The number of hydrogen-bond acceptors (Lipinski definition) is 5. The minimum absolute atomic E-state index is 0.100. The lowest BCUT2D eigenvalue weighted by Gasteiger charge is -2.14. The van der Waals surface area contributed by atoms with E-state index in [9.17, 15) is 13.2 Å². The highest BCUT2D eigenvalue weighted by Gasteiger charge is 2.18. The van der Waals surface area contributed by atoms with Gasteiger partial charge in [-0.25, -0.2) is 22.4 Å². The summed E-state index contributed by atoms with van der Waals surface area (Å²) < 4.78 is 26.0. The fourth-order valence-corrected chi connectivity index (χ4v) is 3.57. The zero-order valence-corrected chi connectivity index (χ0v) is 18.5. The van der Waals surface area contributed by atoms with Gasteiger partial charge < -0.3 is 5.32 Å². The van der Waals surface area contributed by atoms with E-state index < -0.39 is 10.0 Å². The van der Waals surface area contributed by atoms with Crippen molar-refractivity contribution in [3.05, 3.63) is 48.2 Å². The molecule has 30 heavy (non-hydrogen) atoms. The molecule has 3 rings (SSSR count). The molecule has 9 heteroatoms. The van der Waals surface area contributed by atoms with Crippen LogP contribution in [-0.4, -0.2) is 59.8 Å². The standard InChI is InChI=1S/C21H27N5O3S/c1-15(2)26-20-18(14-23-26)17(13-19(24-20)16-9-6-5-7-10-16)21(27)22-11-8-12-25(3)30(4,28)29/h5-7,9-10,13-15H,8,11-12H2,1-4H3,(H,22,27). The summed E-state index contributed by atoms with van der Waals surface area (Å²) in [7, 11) is -1.70. The number of carbonyl (C=O) groups is 1. The first-order chi connectivity index (χ1) is 14.2. The highest BCUT2D eigenvalue weighted by molar-refractivity contribution is 7.88. The van der Waals surface area contributed by atoms with Crippen LogP contribution in [0.1, 0.15) is 36.7 Å². The normalized spacial score (nSPS) is 12.1. The van der Waals surface area contributed by atoms with Crippen LogP contribution in [0.15, 0.2) is 42.6 Å². The Labute approximate surface area is 177 Å². The van der Waals surface area contributed by atoms with Crippen LogP contribution in [0.5, 0.6) is 0 Å². The summed E-state index contributed by atoms with van der Waals surface area (Å²) in [6, 6.07) is 11.6. The van der Waals surface area contributed by atoms with Gasteiger partial charge in [-0.2, -0.15) is 5.10 Å². The third-order valence-electron chi connectivity index (χ3n) is 4.87. The van der Waals surface area contributed by atoms with E-state index in [4.69, 9.17) is 4.98 Å². The van der Waals surface area contributed by atoms with E-state index in [0.717, 1.165) is 11.8 Å². The second kappa shape index (κ2) is 8.93. The number of carbonyl (C=O) groups excluding carboxylic acids is 1. The van der Waals surface area contributed by atoms with E-state index in [2.05, 4.69) is 10.4 Å². The lowest BCUT2D eigenvalue weighted by Crippen LogP contribution is -2.31. The van der Waals surface area contributed by atoms with Gasteiger partial charge in [-0.05, 0) is 26.3 Å². The van der Waals surface area contributed by atoms with E-state index in [-0.39, 0.29) is 11.9 Å². The molecule has 0 radical (unpaired) electrons. The lowest BCUT2D eigenvalue weighted by molar-refractivity contribution is 0.0954. The summed E-state index contributed by atoms with van der Waals surface area (Å²) in [5.41, 5.74) is 2.78. The largest absolute Gasteiger partial charge is 0.352 e. The topological polar surface area (TPSA) is 97.2 Å². The van der Waals surface area contributed by atoms with Gasteiger partial charge in [0.15, 0.2) is 5.65 Å². The lowest BCUT2D eigenvalue weighted by atomic mass is 10.1. The van der Waals surface area contributed by atoms with Crippen molar-refractivity contribution in [3.63, 3.8) is 0 Å². The predicted molar refractivity (Wildman–Crippen MR) is 118 cm³/mol. The van der Waals surface area contributed by atoms with Crippen molar-refractivity contribution in [2.24, 2.45) is 0 Å². The molecule has 8 nitrogen and oxygen atoms in total. The molecule has 2 heterocycles. The van der Waals surface area contributed by atoms with Crippen molar-refractivity contribution in [3.8, 4) is 11.3 Å². The van der Waals surface area contributed by atoms with Gasteiger partial charge in [0.1, 0.15) is 0 Å². The zero-order chi connectivity index (χ0) is 21.9. The van der Waals surface area contributed by atoms with Gasteiger partial charge in [-0.15, -0.1) is 0 Å². The first-order valence-corrected chi connectivity index (χ1v) is 11.7. The van der Waals surface area contributed by atoms with Gasteiger partial charge in [0.05, 0.1) is 29.1 Å². The molecule has 160 valence electrons. The number of rotatable bonds is 8. The monoisotopic (exact) mass is 429 g/mol. The van der Waals surface area contributed by atoms with E-state index >= 15 is 0 Å². The molecular weight excluding hydrogens is 402 g/mol. The molecule has 1 N–H and O–H groups in total. The van der Waals surface area contributed by atoms with E-state index in [1.807, 2.05) is 44.2 Å². The summed E-state index contributed by atoms with van der Waals surface area (Å²) in [5.74, 6) is -0.232.